The maximum Gasteiger partial charge on any atom is 0.233 e. The molecule has 1 amide bonds. The lowest BCUT2D eigenvalue weighted by atomic mass is 10.1. The van der Waals surface area contributed by atoms with Crippen molar-refractivity contribution in [1.29, 1.82) is 0 Å². The second-order valence-corrected chi connectivity index (χ2v) is 8.49. The number of carbonyl (C=O) groups is 1. The van der Waals surface area contributed by atoms with E-state index in [4.69, 9.17) is 0 Å². The third kappa shape index (κ3) is 4.06. The van der Waals surface area contributed by atoms with E-state index >= 15 is 0 Å². The van der Waals surface area contributed by atoms with E-state index in [1.54, 1.807) is 16.0 Å². The maximum atomic E-state index is 12.8. The van der Waals surface area contributed by atoms with Crippen molar-refractivity contribution >= 4 is 29.0 Å². The minimum Gasteiger partial charge on any atom is -0.335 e. The summed E-state index contributed by atoms with van der Waals surface area (Å²) in [5.41, 5.74) is 4.47. The van der Waals surface area contributed by atoms with E-state index in [1.165, 1.54) is 22.9 Å². The van der Waals surface area contributed by atoms with E-state index in [0.29, 0.717) is 23.5 Å². The predicted molar refractivity (Wildman–Crippen MR) is 107 cm³/mol. The van der Waals surface area contributed by atoms with Crippen molar-refractivity contribution in [3.05, 3.63) is 51.7 Å². The van der Waals surface area contributed by atoms with Gasteiger partial charge in [0.15, 0.2) is 0 Å². The monoisotopic (exact) mass is 399 g/mol. The number of hydrogen-bond donors (Lipinski definition) is 0. The van der Waals surface area contributed by atoms with Crippen molar-refractivity contribution < 1.29 is 4.79 Å². The minimum atomic E-state index is 0.143. The molecule has 8 heteroatoms. The summed E-state index contributed by atoms with van der Waals surface area (Å²) in [5.74, 6) is 0.482. The number of thiophene rings is 1. The Morgan fingerprint density at radius 3 is 2.93 bits per heavy atom. The second kappa shape index (κ2) is 7.82. The first-order valence-electron chi connectivity index (χ1n) is 8.92. The molecule has 1 fully saturated rings. The summed E-state index contributed by atoms with van der Waals surface area (Å²) < 4.78 is 1.72. The Bertz CT molecular complexity index is 933. The fraction of sp³-hybridized carbons (Fsp3) is 0.368. The highest BCUT2D eigenvalue weighted by atomic mass is 32.2. The van der Waals surface area contributed by atoms with Gasteiger partial charge in [0.25, 0.3) is 0 Å². The number of tetrazole rings is 1. The Morgan fingerprint density at radius 2 is 2.19 bits per heavy atom. The largest absolute Gasteiger partial charge is 0.335 e. The van der Waals surface area contributed by atoms with Gasteiger partial charge in [0.1, 0.15) is 0 Å². The smallest absolute Gasteiger partial charge is 0.233 e. The van der Waals surface area contributed by atoms with E-state index < -0.39 is 0 Å². The van der Waals surface area contributed by atoms with Crippen LogP contribution in [0.15, 0.2) is 40.2 Å². The van der Waals surface area contributed by atoms with Gasteiger partial charge in [-0.05, 0) is 76.7 Å². The van der Waals surface area contributed by atoms with E-state index in [0.717, 1.165) is 24.1 Å². The highest BCUT2D eigenvalue weighted by Gasteiger charge is 2.32. The Balaban J connectivity index is 1.46. The number of hydrogen-bond acceptors (Lipinski definition) is 6. The number of rotatable bonds is 7. The normalized spacial score (nSPS) is 13.7. The number of aromatic nitrogens is 4. The number of amides is 1. The highest BCUT2D eigenvalue weighted by molar-refractivity contribution is 7.99. The maximum absolute atomic E-state index is 12.8. The zero-order chi connectivity index (χ0) is 18.8. The molecule has 1 aliphatic carbocycles. The Hall–Kier alpha value is -2.19. The Labute approximate surface area is 166 Å². The minimum absolute atomic E-state index is 0.143. The van der Waals surface area contributed by atoms with Crippen LogP contribution in [0, 0.1) is 13.8 Å². The molecule has 2 heterocycles. The van der Waals surface area contributed by atoms with E-state index in [1.807, 2.05) is 17.0 Å². The number of aryl methyl sites for hydroxylation is 1. The molecule has 0 saturated heterocycles. The molecule has 1 saturated carbocycles. The standard InChI is InChI=1S/C19H21N5OS2/c1-13-4-3-5-17(14(13)2)24-19(20-21-22-24)27-12-18(25)23(16-6-7-16)10-15-8-9-26-11-15/h3-5,8-9,11,16H,6-7,10,12H2,1-2H3. The molecule has 0 radical (unpaired) electrons. The van der Waals surface area contributed by atoms with Gasteiger partial charge in [-0.1, -0.05) is 23.9 Å². The van der Waals surface area contributed by atoms with Gasteiger partial charge in [-0.25, -0.2) is 0 Å². The summed E-state index contributed by atoms with van der Waals surface area (Å²) in [4.78, 5) is 14.8. The molecule has 1 aromatic carbocycles. The summed E-state index contributed by atoms with van der Waals surface area (Å²) in [6.45, 7) is 4.81. The van der Waals surface area contributed by atoms with Crippen LogP contribution in [0.1, 0.15) is 29.5 Å². The zero-order valence-electron chi connectivity index (χ0n) is 15.3. The highest BCUT2D eigenvalue weighted by Crippen LogP contribution is 2.30. The molecule has 140 valence electrons. The van der Waals surface area contributed by atoms with Gasteiger partial charge in [0.05, 0.1) is 11.4 Å². The van der Waals surface area contributed by atoms with Gasteiger partial charge in [-0.2, -0.15) is 16.0 Å². The molecule has 0 unspecified atom stereocenters. The van der Waals surface area contributed by atoms with Crippen molar-refractivity contribution in [2.75, 3.05) is 5.75 Å². The second-order valence-electron chi connectivity index (χ2n) is 6.77. The SMILES string of the molecule is Cc1cccc(-n2nnnc2SCC(=O)N(Cc2ccsc2)C2CC2)c1C. The van der Waals surface area contributed by atoms with Gasteiger partial charge in [0, 0.05) is 12.6 Å². The molecular formula is C19H21N5OS2. The van der Waals surface area contributed by atoms with Gasteiger partial charge in [0.2, 0.25) is 11.1 Å². The van der Waals surface area contributed by atoms with Crippen LogP contribution in [-0.2, 0) is 11.3 Å². The van der Waals surface area contributed by atoms with Crippen molar-refractivity contribution in [2.24, 2.45) is 0 Å². The molecule has 0 bridgehead atoms. The van der Waals surface area contributed by atoms with Crippen LogP contribution in [0.2, 0.25) is 0 Å². The van der Waals surface area contributed by atoms with E-state index in [2.05, 4.69) is 52.3 Å². The molecule has 0 aliphatic heterocycles. The first-order chi connectivity index (χ1) is 13.1. The first-order valence-corrected chi connectivity index (χ1v) is 10.8. The summed E-state index contributed by atoms with van der Waals surface area (Å²) in [6, 6.07) is 8.53. The molecule has 3 aromatic rings. The van der Waals surface area contributed by atoms with Crippen LogP contribution in [0.4, 0.5) is 0 Å². The molecule has 27 heavy (non-hydrogen) atoms. The number of carbonyl (C=O) groups excluding carboxylic acids is 1. The van der Waals surface area contributed by atoms with Crippen LogP contribution < -0.4 is 0 Å². The topological polar surface area (TPSA) is 63.9 Å². The molecular weight excluding hydrogens is 378 g/mol. The van der Waals surface area contributed by atoms with E-state index in [-0.39, 0.29) is 5.91 Å². The molecule has 0 atom stereocenters. The average molecular weight is 400 g/mol. The van der Waals surface area contributed by atoms with Crippen molar-refractivity contribution in [3.63, 3.8) is 0 Å². The van der Waals surface area contributed by atoms with Crippen LogP contribution in [-0.4, -0.2) is 42.8 Å². The lowest BCUT2D eigenvalue weighted by Gasteiger charge is -2.21. The zero-order valence-corrected chi connectivity index (χ0v) is 17.0. The van der Waals surface area contributed by atoms with Crippen molar-refractivity contribution in [1.82, 2.24) is 25.1 Å². The van der Waals surface area contributed by atoms with Crippen molar-refractivity contribution in [2.45, 2.75) is 44.4 Å². The first kappa shape index (κ1) is 18.2. The molecule has 0 spiro atoms. The third-order valence-electron chi connectivity index (χ3n) is 4.81. The number of benzene rings is 1. The summed E-state index contributed by atoms with van der Waals surface area (Å²) in [5, 5.41) is 16.9. The van der Waals surface area contributed by atoms with Gasteiger partial charge >= 0.3 is 0 Å². The average Bonchev–Trinajstić information content (AvgIpc) is 3.17. The Kier molecular flexibility index (Phi) is 5.27. The van der Waals surface area contributed by atoms with Crippen LogP contribution in [0.3, 0.4) is 0 Å². The summed E-state index contributed by atoms with van der Waals surface area (Å²) >= 11 is 3.06. The quantitative estimate of drug-likeness (QED) is 0.568. The van der Waals surface area contributed by atoms with E-state index in [9.17, 15) is 4.79 Å². The van der Waals surface area contributed by atoms with Gasteiger partial charge in [-0.15, -0.1) is 5.10 Å². The van der Waals surface area contributed by atoms with Crippen LogP contribution in [0.5, 0.6) is 0 Å². The molecule has 1 aliphatic rings. The van der Waals surface area contributed by atoms with Crippen LogP contribution >= 0.6 is 23.1 Å². The lowest BCUT2D eigenvalue weighted by molar-refractivity contribution is -0.129. The number of nitrogens with zero attached hydrogens (tertiary/aromatic N) is 5. The molecule has 6 nitrogen and oxygen atoms in total. The van der Waals surface area contributed by atoms with Gasteiger partial charge in [-0.3, -0.25) is 4.79 Å². The fourth-order valence-corrected chi connectivity index (χ4v) is 4.41. The number of thioether (sulfide) groups is 1. The fourth-order valence-electron chi connectivity index (χ4n) is 2.98. The third-order valence-corrected chi connectivity index (χ3v) is 6.45. The molecule has 2 aromatic heterocycles. The molecule has 4 rings (SSSR count). The molecule has 0 N–H and O–H groups in total. The van der Waals surface area contributed by atoms with Crippen molar-refractivity contribution in [3.8, 4) is 5.69 Å². The van der Waals surface area contributed by atoms with Gasteiger partial charge < -0.3 is 4.90 Å². The lowest BCUT2D eigenvalue weighted by Crippen LogP contribution is -2.33. The Morgan fingerprint density at radius 1 is 1.33 bits per heavy atom. The summed E-state index contributed by atoms with van der Waals surface area (Å²) in [7, 11) is 0. The predicted octanol–water partition coefficient (Wildman–Crippen LogP) is 3.62. The summed E-state index contributed by atoms with van der Waals surface area (Å²) in [6.07, 6.45) is 2.20. The van der Waals surface area contributed by atoms with Crippen LogP contribution in [0.25, 0.3) is 5.69 Å².